The average molecular weight is 320 g/mol. The highest BCUT2D eigenvalue weighted by atomic mass is 16.2. The van der Waals surface area contributed by atoms with Crippen LogP contribution in [0.3, 0.4) is 0 Å². The summed E-state index contributed by atoms with van der Waals surface area (Å²) in [5.41, 5.74) is 1.73. The molecule has 2 aromatic carbocycles. The van der Waals surface area contributed by atoms with E-state index in [9.17, 15) is 14.4 Å². The Morgan fingerprint density at radius 1 is 1.00 bits per heavy atom. The SMILES string of the molecule is O=C1C=CC(=O)[N+](c2cccc(C(=O)NCc3ccccc3)c2)=N1. The lowest BCUT2D eigenvalue weighted by atomic mass is 10.1. The van der Waals surface area contributed by atoms with Crippen LogP contribution in [-0.4, -0.2) is 22.4 Å². The number of benzene rings is 2. The van der Waals surface area contributed by atoms with Crippen molar-refractivity contribution >= 4 is 23.4 Å². The third-order valence-corrected chi connectivity index (χ3v) is 3.42. The van der Waals surface area contributed by atoms with Crippen LogP contribution in [0.4, 0.5) is 5.69 Å². The van der Waals surface area contributed by atoms with Crippen molar-refractivity contribution in [1.29, 1.82) is 0 Å². The summed E-state index contributed by atoms with van der Waals surface area (Å²) in [5, 5.41) is 6.47. The summed E-state index contributed by atoms with van der Waals surface area (Å²) < 4.78 is 0.982. The normalized spacial score (nSPS) is 13.6. The Kier molecular flexibility index (Phi) is 4.38. The number of nitrogens with one attached hydrogen (secondary N) is 1. The van der Waals surface area contributed by atoms with Crippen molar-refractivity contribution in [2.24, 2.45) is 5.11 Å². The smallest absolute Gasteiger partial charge is 0.348 e. The van der Waals surface area contributed by atoms with E-state index in [2.05, 4.69) is 10.4 Å². The molecule has 0 saturated carbocycles. The molecular formula is C18H14N3O3+. The fourth-order valence-electron chi connectivity index (χ4n) is 2.24. The van der Waals surface area contributed by atoms with Crippen LogP contribution in [0.25, 0.3) is 0 Å². The maximum absolute atomic E-state index is 12.3. The largest absolute Gasteiger partial charge is 0.443 e. The quantitative estimate of drug-likeness (QED) is 0.878. The van der Waals surface area contributed by atoms with Crippen LogP contribution in [-0.2, 0) is 16.1 Å². The molecule has 6 heteroatoms. The molecule has 0 unspecified atom stereocenters. The lowest BCUT2D eigenvalue weighted by Crippen LogP contribution is -2.23. The van der Waals surface area contributed by atoms with Crippen LogP contribution in [0.5, 0.6) is 0 Å². The van der Waals surface area contributed by atoms with Crippen molar-refractivity contribution in [2.45, 2.75) is 6.54 Å². The summed E-state index contributed by atoms with van der Waals surface area (Å²) in [6.45, 7) is 0.401. The Labute approximate surface area is 138 Å². The van der Waals surface area contributed by atoms with Crippen molar-refractivity contribution in [3.8, 4) is 0 Å². The Hall–Kier alpha value is -3.41. The Morgan fingerprint density at radius 2 is 1.79 bits per heavy atom. The van der Waals surface area contributed by atoms with Gasteiger partial charge in [0.05, 0.1) is 11.2 Å². The van der Waals surface area contributed by atoms with E-state index >= 15 is 0 Å². The molecule has 2 aromatic rings. The molecule has 3 amide bonds. The zero-order valence-electron chi connectivity index (χ0n) is 12.7. The van der Waals surface area contributed by atoms with E-state index in [1.165, 1.54) is 6.07 Å². The van der Waals surface area contributed by atoms with Crippen molar-refractivity contribution < 1.29 is 19.1 Å². The molecule has 118 valence electrons. The minimum absolute atomic E-state index is 0.271. The predicted octanol–water partition coefficient (Wildman–Crippen LogP) is 2.34. The standard InChI is InChI=1S/C18H13N3O3/c22-16-9-10-17(23)21(20-16)15-8-4-7-14(11-15)18(24)19-12-13-5-2-1-3-6-13/h1-11H,12H2/p+1. The van der Waals surface area contributed by atoms with E-state index < -0.39 is 11.8 Å². The van der Waals surface area contributed by atoms with Crippen LogP contribution in [0.1, 0.15) is 15.9 Å². The monoisotopic (exact) mass is 320 g/mol. The molecule has 0 fully saturated rings. The molecule has 1 N–H and O–H groups in total. The minimum atomic E-state index is -0.520. The third-order valence-electron chi connectivity index (χ3n) is 3.42. The second-order valence-electron chi connectivity index (χ2n) is 5.14. The van der Waals surface area contributed by atoms with Crippen molar-refractivity contribution in [3.05, 3.63) is 77.9 Å². The molecule has 0 radical (unpaired) electrons. The fraction of sp³-hybridized carbons (Fsp3) is 0.0556. The van der Waals surface area contributed by atoms with E-state index in [-0.39, 0.29) is 5.91 Å². The molecule has 24 heavy (non-hydrogen) atoms. The number of carbonyl (C=O) groups is 3. The van der Waals surface area contributed by atoms with Gasteiger partial charge in [0.15, 0.2) is 0 Å². The summed E-state index contributed by atoms with van der Waals surface area (Å²) in [6, 6.07) is 15.9. The first-order valence-electron chi connectivity index (χ1n) is 7.33. The molecule has 0 spiro atoms. The molecule has 0 atom stereocenters. The van der Waals surface area contributed by atoms with Gasteiger partial charge in [0.1, 0.15) is 0 Å². The number of hydrogen-bond acceptors (Lipinski definition) is 3. The van der Waals surface area contributed by atoms with Crippen LogP contribution >= 0.6 is 0 Å². The maximum atomic E-state index is 12.3. The highest BCUT2D eigenvalue weighted by Crippen LogP contribution is 2.17. The Bertz CT molecular complexity index is 870. The first kappa shape index (κ1) is 15.5. The van der Waals surface area contributed by atoms with Gasteiger partial charge < -0.3 is 5.32 Å². The maximum Gasteiger partial charge on any atom is 0.443 e. The number of hydrogen-bond donors (Lipinski definition) is 1. The number of nitrogens with zero attached hydrogens (tertiary/aromatic N) is 2. The molecular weight excluding hydrogens is 306 g/mol. The highest BCUT2D eigenvalue weighted by Gasteiger charge is 2.26. The van der Waals surface area contributed by atoms with Gasteiger partial charge in [-0.2, -0.15) is 0 Å². The van der Waals surface area contributed by atoms with Gasteiger partial charge in [-0.15, -0.1) is 0 Å². The average Bonchev–Trinajstić information content (AvgIpc) is 2.62. The summed E-state index contributed by atoms with van der Waals surface area (Å²) in [4.78, 5) is 35.4. The van der Waals surface area contributed by atoms with E-state index in [4.69, 9.17) is 0 Å². The van der Waals surface area contributed by atoms with Crippen LogP contribution in [0.15, 0.2) is 71.9 Å². The van der Waals surface area contributed by atoms with E-state index in [1.807, 2.05) is 30.3 Å². The van der Waals surface area contributed by atoms with E-state index in [1.54, 1.807) is 18.2 Å². The summed E-state index contributed by atoms with van der Waals surface area (Å²) in [7, 11) is 0. The number of azo groups is 2. The second kappa shape index (κ2) is 6.78. The van der Waals surface area contributed by atoms with Gasteiger partial charge in [-0.3, -0.25) is 9.59 Å². The number of amides is 3. The lowest BCUT2D eigenvalue weighted by molar-refractivity contribution is -0.425. The van der Waals surface area contributed by atoms with Crippen molar-refractivity contribution in [2.75, 3.05) is 0 Å². The third kappa shape index (κ3) is 3.49. The molecule has 1 aliphatic heterocycles. The van der Waals surface area contributed by atoms with Gasteiger partial charge in [0, 0.05) is 30.3 Å². The summed E-state index contributed by atoms with van der Waals surface area (Å²) in [6.07, 6.45) is 2.26. The lowest BCUT2D eigenvalue weighted by Gasteiger charge is -2.05. The minimum Gasteiger partial charge on any atom is -0.348 e. The number of rotatable bonds is 4. The van der Waals surface area contributed by atoms with E-state index in [0.717, 1.165) is 22.4 Å². The first-order chi connectivity index (χ1) is 11.6. The van der Waals surface area contributed by atoms with Crippen LogP contribution in [0.2, 0.25) is 0 Å². The highest BCUT2D eigenvalue weighted by molar-refractivity contribution is 5.98. The van der Waals surface area contributed by atoms with Crippen LogP contribution in [0, 0.1) is 0 Å². The number of carbonyl (C=O) groups excluding carboxylic acids is 3. The zero-order valence-corrected chi connectivity index (χ0v) is 12.7. The molecule has 0 saturated heterocycles. The van der Waals surface area contributed by atoms with Gasteiger partial charge in [-0.25, -0.2) is 4.79 Å². The van der Waals surface area contributed by atoms with E-state index in [0.29, 0.717) is 17.8 Å². The first-order valence-corrected chi connectivity index (χ1v) is 7.33. The van der Waals surface area contributed by atoms with Gasteiger partial charge in [0.25, 0.3) is 5.91 Å². The molecule has 1 heterocycles. The Balaban J connectivity index is 1.76. The van der Waals surface area contributed by atoms with Gasteiger partial charge in [-0.1, -0.05) is 36.4 Å². The fourth-order valence-corrected chi connectivity index (χ4v) is 2.24. The molecule has 1 aliphatic rings. The van der Waals surface area contributed by atoms with Gasteiger partial charge >= 0.3 is 11.8 Å². The van der Waals surface area contributed by atoms with Crippen molar-refractivity contribution in [1.82, 2.24) is 5.32 Å². The predicted molar refractivity (Wildman–Crippen MR) is 85.6 cm³/mol. The van der Waals surface area contributed by atoms with Gasteiger partial charge in [0.2, 0.25) is 5.69 Å². The van der Waals surface area contributed by atoms with Gasteiger partial charge in [-0.05, 0) is 16.3 Å². The molecule has 0 aromatic heterocycles. The molecule has 3 rings (SSSR count). The second-order valence-corrected chi connectivity index (χ2v) is 5.14. The molecule has 0 bridgehead atoms. The van der Waals surface area contributed by atoms with Crippen LogP contribution < -0.4 is 5.32 Å². The van der Waals surface area contributed by atoms with Crippen molar-refractivity contribution in [3.63, 3.8) is 0 Å². The molecule has 0 aliphatic carbocycles. The molecule has 6 nitrogen and oxygen atoms in total. The summed E-state index contributed by atoms with van der Waals surface area (Å²) >= 11 is 0. The topological polar surface area (TPSA) is 78.6 Å². The Morgan fingerprint density at radius 3 is 2.58 bits per heavy atom. The summed E-state index contributed by atoms with van der Waals surface area (Å²) in [5.74, 6) is -1.22. The zero-order chi connectivity index (χ0) is 16.9.